The number of unbranched alkanes of at least 4 members (excludes halogenated alkanes) is 65. The number of esters is 2. The van der Waals surface area contributed by atoms with Crippen molar-refractivity contribution in [1.82, 2.24) is 0 Å². The average Bonchev–Trinajstić information content (AvgIpc) is 3.51. The summed E-state index contributed by atoms with van der Waals surface area (Å²) in [6.07, 6.45) is 98.8. The van der Waals surface area contributed by atoms with E-state index in [0.717, 1.165) is 32.1 Å². The van der Waals surface area contributed by atoms with Gasteiger partial charge in [-0.05, 0) is 38.5 Å². The van der Waals surface area contributed by atoms with E-state index < -0.39 is 6.10 Å². The van der Waals surface area contributed by atoms with Gasteiger partial charge in [-0.25, -0.2) is 0 Å². The number of aliphatic hydroxyl groups is 1. The normalized spacial score (nSPS) is 12.1. The third-order valence-corrected chi connectivity index (χ3v) is 18.6. The van der Waals surface area contributed by atoms with Crippen molar-refractivity contribution < 1.29 is 24.2 Å². The Kier molecular flexibility index (Phi) is 74.7. The fourth-order valence-corrected chi connectivity index (χ4v) is 12.7. The molecule has 0 fully saturated rings. The summed E-state index contributed by atoms with van der Waals surface area (Å²) in [5.41, 5.74) is 0. The minimum atomic E-state index is -0.767. The van der Waals surface area contributed by atoms with Gasteiger partial charge in [-0.15, -0.1) is 0 Å². The smallest absolute Gasteiger partial charge is 0.306 e. The first-order valence-electron chi connectivity index (χ1n) is 39.2. The van der Waals surface area contributed by atoms with E-state index in [1.54, 1.807) is 0 Å². The summed E-state index contributed by atoms with van der Waals surface area (Å²) in [5.74, 6) is -0.558. The van der Waals surface area contributed by atoms with Gasteiger partial charge in [0.25, 0.3) is 0 Å². The first-order valence-corrected chi connectivity index (χ1v) is 39.2. The van der Waals surface area contributed by atoms with Crippen LogP contribution in [0.4, 0.5) is 0 Å². The van der Waals surface area contributed by atoms with E-state index >= 15 is 0 Å². The Morgan fingerprint density at radius 2 is 0.440 bits per heavy atom. The van der Waals surface area contributed by atoms with Gasteiger partial charge < -0.3 is 14.6 Å². The number of allylic oxidation sites excluding steroid dienone is 2. The van der Waals surface area contributed by atoms with Crippen molar-refractivity contribution in [2.24, 2.45) is 0 Å². The van der Waals surface area contributed by atoms with E-state index in [2.05, 4.69) is 26.0 Å². The van der Waals surface area contributed by atoms with Crippen LogP contribution in [0.15, 0.2) is 12.2 Å². The quantitative estimate of drug-likeness (QED) is 0.0373. The van der Waals surface area contributed by atoms with Crippen LogP contribution in [0.5, 0.6) is 0 Å². The number of ether oxygens (including phenoxy) is 2. The lowest BCUT2D eigenvalue weighted by Crippen LogP contribution is -2.28. The van der Waals surface area contributed by atoms with Gasteiger partial charge in [0.2, 0.25) is 0 Å². The summed E-state index contributed by atoms with van der Waals surface area (Å²) in [6.45, 7) is 4.23. The van der Waals surface area contributed by atoms with Crippen LogP contribution in [-0.2, 0) is 19.1 Å². The summed E-state index contributed by atoms with van der Waals surface area (Å²) in [7, 11) is 0. The SMILES string of the molecule is CCCCCCCCCC/C=C\CCCCCCCCCCCCCCCCCCCCCCCCCCCC(=O)OC(CO)COC(=O)CCCCCCCCCCCCCCCCCCCCCCCCCCCCCCCCCCC. The average molecular weight is 1180 g/mol. The standard InChI is InChI=1S/C79H154O5/c1-3-5-7-9-11-13-15-17-19-21-23-25-27-29-31-33-35-37-38-39-40-42-44-46-48-50-52-54-56-58-60-62-64-66-68-70-72-74-79(82)84-77(75-80)76-83-78(81)73-71-69-67-65-63-61-59-57-55-53-51-49-47-45-43-41-36-34-32-30-28-26-24-22-20-18-16-14-12-10-8-6-4-2/h21,23,77,80H,3-20,22,24-76H2,1-2H3/b23-21-. The largest absolute Gasteiger partial charge is 0.462 e. The molecular weight excluding hydrogens is 1030 g/mol. The topological polar surface area (TPSA) is 72.8 Å². The van der Waals surface area contributed by atoms with E-state index in [4.69, 9.17) is 9.47 Å². The number of hydrogen-bond acceptors (Lipinski definition) is 5. The van der Waals surface area contributed by atoms with E-state index in [1.165, 1.54) is 405 Å². The zero-order valence-corrected chi connectivity index (χ0v) is 57.7. The van der Waals surface area contributed by atoms with Crippen molar-refractivity contribution >= 4 is 11.9 Å². The number of aliphatic hydroxyl groups excluding tert-OH is 1. The fourth-order valence-electron chi connectivity index (χ4n) is 12.7. The summed E-state index contributed by atoms with van der Waals surface area (Å²) in [4.78, 5) is 24.7. The first-order chi connectivity index (χ1) is 41.6. The summed E-state index contributed by atoms with van der Waals surface area (Å²) in [5, 5.41) is 9.72. The second kappa shape index (κ2) is 75.9. The van der Waals surface area contributed by atoms with Gasteiger partial charge in [-0.2, -0.15) is 0 Å². The Labute approximate surface area is 528 Å². The van der Waals surface area contributed by atoms with Crippen LogP contribution in [0.25, 0.3) is 0 Å². The number of carbonyl (C=O) groups is 2. The molecule has 5 heteroatoms. The van der Waals surface area contributed by atoms with E-state index in [9.17, 15) is 14.7 Å². The molecule has 1 unspecified atom stereocenters. The fraction of sp³-hybridized carbons (Fsp3) is 0.949. The van der Waals surface area contributed by atoms with Crippen LogP contribution in [0, 0.1) is 0 Å². The summed E-state index contributed by atoms with van der Waals surface area (Å²) in [6, 6.07) is 0. The van der Waals surface area contributed by atoms with Crippen molar-refractivity contribution in [2.45, 2.75) is 469 Å². The minimum absolute atomic E-state index is 0.0561. The Morgan fingerprint density at radius 3 is 0.643 bits per heavy atom. The molecule has 1 N–H and O–H groups in total. The van der Waals surface area contributed by atoms with Gasteiger partial charge in [0.15, 0.2) is 6.10 Å². The van der Waals surface area contributed by atoms with Gasteiger partial charge in [-0.1, -0.05) is 424 Å². The molecule has 0 aromatic heterocycles. The second-order valence-corrected chi connectivity index (χ2v) is 27.2. The van der Waals surface area contributed by atoms with Gasteiger partial charge in [-0.3, -0.25) is 9.59 Å². The van der Waals surface area contributed by atoms with Gasteiger partial charge in [0.1, 0.15) is 6.61 Å². The van der Waals surface area contributed by atoms with Crippen LogP contribution in [0.3, 0.4) is 0 Å². The predicted octanol–water partition coefficient (Wildman–Crippen LogP) is 27.3. The second-order valence-electron chi connectivity index (χ2n) is 27.2. The molecule has 0 aliphatic carbocycles. The Bertz CT molecular complexity index is 1250. The van der Waals surface area contributed by atoms with E-state index in [1.807, 2.05) is 0 Å². The molecule has 1 atom stereocenters. The number of hydrogen-bond donors (Lipinski definition) is 1. The summed E-state index contributed by atoms with van der Waals surface area (Å²) >= 11 is 0. The molecule has 0 aromatic carbocycles. The van der Waals surface area contributed by atoms with Crippen molar-refractivity contribution in [2.75, 3.05) is 13.2 Å². The van der Waals surface area contributed by atoms with Crippen LogP contribution in [0.2, 0.25) is 0 Å². The van der Waals surface area contributed by atoms with Crippen molar-refractivity contribution in [3.05, 3.63) is 12.2 Å². The lowest BCUT2D eigenvalue weighted by molar-refractivity contribution is -0.161. The molecule has 0 saturated carbocycles. The molecule has 0 saturated heterocycles. The van der Waals surface area contributed by atoms with Crippen LogP contribution in [0.1, 0.15) is 463 Å². The zero-order chi connectivity index (χ0) is 60.5. The van der Waals surface area contributed by atoms with Crippen LogP contribution in [-0.4, -0.2) is 36.4 Å². The highest BCUT2D eigenvalue weighted by atomic mass is 16.6. The maximum absolute atomic E-state index is 12.4. The summed E-state index contributed by atoms with van der Waals surface area (Å²) < 4.78 is 10.8. The third-order valence-electron chi connectivity index (χ3n) is 18.6. The van der Waals surface area contributed by atoms with Crippen molar-refractivity contribution in [3.63, 3.8) is 0 Å². The third kappa shape index (κ3) is 73.1. The lowest BCUT2D eigenvalue weighted by Gasteiger charge is -2.15. The van der Waals surface area contributed by atoms with Gasteiger partial charge in [0.05, 0.1) is 6.61 Å². The highest BCUT2D eigenvalue weighted by molar-refractivity contribution is 5.70. The van der Waals surface area contributed by atoms with Gasteiger partial charge in [0, 0.05) is 12.8 Å². The Morgan fingerprint density at radius 1 is 0.262 bits per heavy atom. The maximum Gasteiger partial charge on any atom is 0.306 e. The molecule has 500 valence electrons. The predicted molar refractivity (Wildman–Crippen MR) is 372 cm³/mol. The number of carbonyl (C=O) groups excluding carboxylic acids is 2. The van der Waals surface area contributed by atoms with Gasteiger partial charge >= 0.3 is 11.9 Å². The highest BCUT2D eigenvalue weighted by Crippen LogP contribution is 2.20. The Hall–Kier alpha value is -1.36. The first kappa shape index (κ1) is 82.6. The van der Waals surface area contributed by atoms with Crippen molar-refractivity contribution in [1.29, 1.82) is 0 Å². The zero-order valence-electron chi connectivity index (χ0n) is 57.7. The van der Waals surface area contributed by atoms with Crippen molar-refractivity contribution in [3.8, 4) is 0 Å². The molecule has 0 bridgehead atoms. The molecule has 0 aromatic rings. The maximum atomic E-state index is 12.4. The molecule has 84 heavy (non-hydrogen) atoms. The lowest BCUT2D eigenvalue weighted by atomic mass is 10.0. The monoisotopic (exact) mass is 1180 g/mol. The highest BCUT2D eigenvalue weighted by Gasteiger charge is 2.16. The van der Waals surface area contributed by atoms with E-state index in [-0.39, 0.29) is 25.2 Å². The minimum Gasteiger partial charge on any atom is -0.462 e. The molecule has 5 nitrogen and oxygen atoms in total. The van der Waals surface area contributed by atoms with Crippen LogP contribution < -0.4 is 0 Å². The molecule has 0 rings (SSSR count). The molecule has 0 heterocycles. The Balaban J connectivity index is 3.34. The molecule has 0 spiro atoms. The number of rotatable bonds is 75. The molecule has 0 amide bonds. The molecule has 0 aliphatic rings. The van der Waals surface area contributed by atoms with Crippen LogP contribution >= 0.6 is 0 Å². The molecular formula is C79H154O5. The molecule has 0 radical (unpaired) electrons. The van der Waals surface area contributed by atoms with E-state index in [0.29, 0.717) is 12.8 Å². The molecule has 0 aliphatic heterocycles.